The van der Waals surface area contributed by atoms with E-state index in [4.69, 9.17) is 4.98 Å². The highest BCUT2D eigenvalue weighted by molar-refractivity contribution is 7.99. The highest BCUT2D eigenvalue weighted by atomic mass is 32.2. The summed E-state index contributed by atoms with van der Waals surface area (Å²) in [5.41, 5.74) is 4.72. The zero-order valence-corrected chi connectivity index (χ0v) is 18.6. The fourth-order valence-electron chi connectivity index (χ4n) is 5.24. The van der Waals surface area contributed by atoms with Gasteiger partial charge in [-0.25, -0.2) is 4.98 Å². The molecule has 0 atom stereocenters. The molecule has 0 unspecified atom stereocenters. The minimum Gasteiger partial charge on any atom is -0.293 e. The van der Waals surface area contributed by atoms with Gasteiger partial charge in [0.1, 0.15) is 0 Å². The van der Waals surface area contributed by atoms with E-state index in [1.54, 1.807) is 11.6 Å². The Hall–Kier alpha value is -2.66. The first-order valence-electron chi connectivity index (χ1n) is 11.0. The topological polar surface area (TPSA) is 52.0 Å². The van der Waals surface area contributed by atoms with Crippen molar-refractivity contribution in [2.24, 2.45) is 7.05 Å². The van der Waals surface area contributed by atoms with Crippen LogP contribution in [0.4, 0.5) is 0 Å². The maximum atomic E-state index is 13.7. The smallest absolute Gasteiger partial charge is 0.258 e. The number of benzene rings is 2. The number of hydrogen-bond donors (Lipinski definition) is 0. The van der Waals surface area contributed by atoms with Crippen molar-refractivity contribution in [1.29, 1.82) is 0 Å². The van der Waals surface area contributed by atoms with Gasteiger partial charge in [0.2, 0.25) is 0 Å². The number of aromatic nitrogens is 2. The van der Waals surface area contributed by atoms with E-state index in [9.17, 15) is 9.59 Å². The van der Waals surface area contributed by atoms with Crippen molar-refractivity contribution < 1.29 is 4.79 Å². The van der Waals surface area contributed by atoms with E-state index in [1.165, 1.54) is 23.7 Å². The Balaban J connectivity index is 1.57. The molecule has 1 heterocycles. The summed E-state index contributed by atoms with van der Waals surface area (Å²) < 4.78 is 1.66. The average Bonchev–Trinajstić information content (AvgIpc) is 2.81. The van der Waals surface area contributed by atoms with Gasteiger partial charge in [0, 0.05) is 23.6 Å². The van der Waals surface area contributed by atoms with Crippen molar-refractivity contribution in [1.82, 2.24) is 9.55 Å². The molecular formula is C26H26N2O2S. The number of hydrogen-bond acceptors (Lipinski definition) is 4. The van der Waals surface area contributed by atoms with Crippen LogP contribution >= 0.6 is 11.8 Å². The fraction of sp³-hybridized carbons (Fsp3) is 0.346. The van der Waals surface area contributed by atoms with Crippen molar-refractivity contribution in [3.8, 4) is 11.3 Å². The first kappa shape index (κ1) is 20.3. The maximum Gasteiger partial charge on any atom is 0.258 e. The minimum absolute atomic E-state index is 0.0433. The summed E-state index contributed by atoms with van der Waals surface area (Å²) in [7, 11) is 1.79. The molecule has 1 saturated carbocycles. The van der Waals surface area contributed by atoms with Crippen LogP contribution in [0.5, 0.6) is 0 Å². The average molecular weight is 431 g/mol. The molecule has 0 amide bonds. The first-order valence-corrected chi connectivity index (χ1v) is 12.0. The van der Waals surface area contributed by atoms with Crippen LogP contribution in [0.1, 0.15) is 53.6 Å². The second kappa shape index (κ2) is 8.12. The van der Waals surface area contributed by atoms with Gasteiger partial charge in [0.15, 0.2) is 10.9 Å². The molecular weight excluding hydrogens is 404 g/mol. The molecule has 1 spiro atoms. The highest BCUT2D eigenvalue weighted by Crippen LogP contribution is 2.48. The van der Waals surface area contributed by atoms with E-state index in [1.807, 2.05) is 36.4 Å². The molecule has 5 rings (SSSR count). The first-order chi connectivity index (χ1) is 15.1. The Kier molecular flexibility index (Phi) is 5.30. The number of ketones is 1. The molecule has 1 fully saturated rings. The van der Waals surface area contributed by atoms with Crippen molar-refractivity contribution in [3.05, 3.63) is 81.6 Å². The van der Waals surface area contributed by atoms with Gasteiger partial charge in [-0.15, -0.1) is 0 Å². The van der Waals surface area contributed by atoms with Gasteiger partial charge < -0.3 is 0 Å². The molecule has 31 heavy (non-hydrogen) atoms. The second-order valence-corrected chi connectivity index (χ2v) is 9.68. The van der Waals surface area contributed by atoms with E-state index < -0.39 is 0 Å². The summed E-state index contributed by atoms with van der Waals surface area (Å²) in [5.74, 6) is 0.303. The van der Waals surface area contributed by atoms with Gasteiger partial charge in [-0.1, -0.05) is 85.6 Å². The Morgan fingerprint density at radius 1 is 1.03 bits per heavy atom. The summed E-state index contributed by atoms with van der Waals surface area (Å²) in [6.45, 7) is 0. The fourth-order valence-corrected chi connectivity index (χ4v) is 6.09. The molecule has 5 heteroatoms. The highest BCUT2D eigenvalue weighted by Gasteiger charge is 2.43. The number of carbonyl (C=O) groups excluding carboxylic acids is 1. The lowest BCUT2D eigenvalue weighted by molar-refractivity contribution is 0.102. The number of nitrogens with zero attached hydrogens (tertiary/aromatic N) is 2. The molecule has 0 bridgehead atoms. The third-order valence-corrected chi connectivity index (χ3v) is 7.85. The van der Waals surface area contributed by atoms with Crippen LogP contribution in [0.2, 0.25) is 0 Å². The van der Waals surface area contributed by atoms with Crippen LogP contribution in [-0.4, -0.2) is 21.1 Å². The standard InChI is InChI=1S/C26H26N2O2S/c1-28-24(30)22-23(27-25(28)31-17-21(29)18-10-4-2-5-11-18)20-13-7-6-12-19(20)16-26(22)14-8-3-9-15-26/h2,4-7,10-13H,3,8-9,14-17H2,1H3. The second-order valence-electron chi connectivity index (χ2n) is 8.73. The maximum absolute atomic E-state index is 13.7. The molecule has 4 nitrogen and oxygen atoms in total. The molecule has 2 aliphatic carbocycles. The molecule has 2 aromatic carbocycles. The summed E-state index contributed by atoms with van der Waals surface area (Å²) in [4.78, 5) is 31.3. The van der Waals surface area contributed by atoms with Crippen LogP contribution in [-0.2, 0) is 18.9 Å². The predicted molar refractivity (Wildman–Crippen MR) is 125 cm³/mol. The zero-order chi connectivity index (χ0) is 21.4. The molecule has 2 aliphatic rings. The van der Waals surface area contributed by atoms with E-state index in [0.717, 1.165) is 48.9 Å². The Morgan fingerprint density at radius 3 is 2.52 bits per heavy atom. The quantitative estimate of drug-likeness (QED) is 0.325. The summed E-state index contributed by atoms with van der Waals surface area (Å²) >= 11 is 1.35. The number of fused-ring (bicyclic) bond motifs is 4. The zero-order valence-electron chi connectivity index (χ0n) is 17.8. The van der Waals surface area contributed by atoms with Crippen molar-refractivity contribution in [2.75, 3.05) is 5.75 Å². The van der Waals surface area contributed by atoms with Crippen LogP contribution in [0.25, 0.3) is 11.3 Å². The molecule has 1 aromatic heterocycles. The largest absolute Gasteiger partial charge is 0.293 e. The van der Waals surface area contributed by atoms with Gasteiger partial charge in [0.25, 0.3) is 5.56 Å². The third kappa shape index (κ3) is 3.55. The van der Waals surface area contributed by atoms with Gasteiger partial charge in [-0.05, 0) is 24.8 Å². The van der Waals surface area contributed by atoms with E-state index in [0.29, 0.717) is 10.7 Å². The Morgan fingerprint density at radius 2 is 1.74 bits per heavy atom. The van der Waals surface area contributed by atoms with Gasteiger partial charge in [-0.2, -0.15) is 0 Å². The van der Waals surface area contributed by atoms with E-state index >= 15 is 0 Å². The molecule has 0 saturated heterocycles. The van der Waals surface area contributed by atoms with E-state index in [-0.39, 0.29) is 22.5 Å². The number of carbonyl (C=O) groups is 1. The molecule has 0 N–H and O–H groups in total. The summed E-state index contributed by atoms with van der Waals surface area (Å²) in [5, 5.41) is 0.607. The Bertz CT molecular complexity index is 1190. The van der Waals surface area contributed by atoms with Crippen LogP contribution in [0.3, 0.4) is 0 Å². The number of rotatable bonds is 4. The molecule has 0 aliphatic heterocycles. The normalized spacial score (nSPS) is 16.5. The van der Waals surface area contributed by atoms with Crippen LogP contribution < -0.4 is 5.56 Å². The monoisotopic (exact) mass is 430 g/mol. The molecule has 158 valence electrons. The summed E-state index contributed by atoms with van der Waals surface area (Å²) in [6, 6.07) is 17.6. The van der Waals surface area contributed by atoms with Crippen molar-refractivity contribution >= 4 is 17.5 Å². The van der Waals surface area contributed by atoms with Crippen LogP contribution in [0.15, 0.2) is 64.5 Å². The number of thioether (sulfide) groups is 1. The molecule has 0 radical (unpaired) electrons. The van der Waals surface area contributed by atoms with Crippen LogP contribution in [0, 0.1) is 0 Å². The van der Waals surface area contributed by atoms with Crippen molar-refractivity contribution in [3.63, 3.8) is 0 Å². The predicted octanol–water partition coefficient (Wildman–Crippen LogP) is 5.18. The minimum atomic E-state index is -0.104. The van der Waals surface area contributed by atoms with Gasteiger partial charge in [-0.3, -0.25) is 14.2 Å². The lowest BCUT2D eigenvalue weighted by Gasteiger charge is -2.42. The van der Waals surface area contributed by atoms with Gasteiger partial charge >= 0.3 is 0 Å². The van der Waals surface area contributed by atoms with E-state index in [2.05, 4.69) is 18.2 Å². The third-order valence-electron chi connectivity index (χ3n) is 6.82. The summed E-state index contributed by atoms with van der Waals surface area (Å²) in [6.07, 6.45) is 6.57. The Labute approximate surface area is 186 Å². The lowest BCUT2D eigenvalue weighted by atomic mass is 9.62. The number of Topliss-reactive ketones (excluding diaryl/α,β-unsaturated/α-hetero) is 1. The molecule has 3 aromatic rings. The SMILES string of the molecule is Cn1c(SCC(=O)c2ccccc2)nc2c(c1=O)C1(CCCCC1)Cc1ccccc1-2. The van der Waals surface area contributed by atoms with Crippen molar-refractivity contribution in [2.45, 2.75) is 49.1 Å². The van der Waals surface area contributed by atoms with Gasteiger partial charge in [0.05, 0.1) is 17.0 Å². The lowest BCUT2D eigenvalue weighted by Crippen LogP contribution is -2.42.